The van der Waals surface area contributed by atoms with Crippen LogP contribution in [0.2, 0.25) is 0 Å². The predicted molar refractivity (Wildman–Crippen MR) is 203 cm³/mol. The number of esters is 1. The summed E-state index contributed by atoms with van der Waals surface area (Å²) in [6, 6.07) is -2.85. The first-order chi connectivity index (χ1) is 25.5. The van der Waals surface area contributed by atoms with Gasteiger partial charge in [0.1, 0.15) is 52.1 Å². The topological polar surface area (TPSA) is 208 Å². The van der Waals surface area contributed by atoms with Crippen LogP contribution in [0.15, 0.2) is 20.5 Å². The quantitative estimate of drug-likeness (QED) is 0.164. The second kappa shape index (κ2) is 17.3. The molecular weight excluding hydrogens is 731 g/mol. The number of nitrogens with zero attached hydrogens (tertiary/aromatic N) is 4. The molecule has 4 rings (SSSR count). The Bertz CT molecular complexity index is 1850. The minimum atomic E-state index is -0.913. The number of oxazole rings is 2. The highest BCUT2D eigenvalue weighted by atomic mass is 32.1. The first-order valence-corrected chi connectivity index (χ1v) is 19.4. The molecular formula is C38H55N7O9S. The smallest absolute Gasteiger partial charge is 0.408 e. The summed E-state index contributed by atoms with van der Waals surface area (Å²) < 4.78 is 22.4. The molecule has 0 radical (unpaired) electrons. The minimum absolute atomic E-state index is 0.0000889. The van der Waals surface area contributed by atoms with E-state index >= 15 is 0 Å². The largest absolute Gasteiger partial charge is 0.458 e. The van der Waals surface area contributed by atoms with Gasteiger partial charge in [0.05, 0.1) is 6.04 Å². The third-order valence-electron chi connectivity index (χ3n) is 8.36. The van der Waals surface area contributed by atoms with Crippen LogP contribution in [-0.2, 0) is 19.1 Å². The van der Waals surface area contributed by atoms with Gasteiger partial charge in [-0.2, -0.15) is 0 Å². The van der Waals surface area contributed by atoms with Crippen molar-refractivity contribution in [2.24, 2.45) is 11.8 Å². The number of carbonyl (C=O) groups excluding carboxylic acids is 5. The van der Waals surface area contributed by atoms with Crippen molar-refractivity contribution < 1.29 is 42.3 Å². The Morgan fingerprint density at radius 1 is 0.927 bits per heavy atom. The van der Waals surface area contributed by atoms with Crippen molar-refractivity contribution in [3.8, 4) is 11.6 Å². The average Bonchev–Trinajstić information content (AvgIpc) is 3.87. The van der Waals surface area contributed by atoms with Crippen LogP contribution in [0.5, 0.6) is 0 Å². The zero-order valence-corrected chi connectivity index (χ0v) is 34.6. The third-order valence-corrected chi connectivity index (χ3v) is 9.28. The van der Waals surface area contributed by atoms with Gasteiger partial charge in [-0.3, -0.25) is 14.4 Å². The second-order valence-electron chi connectivity index (χ2n) is 16.5. The van der Waals surface area contributed by atoms with E-state index in [1.54, 1.807) is 60.8 Å². The van der Waals surface area contributed by atoms with Crippen LogP contribution >= 0.6 is 11.3 Å². The number of rotatable bonds is 13. The van der Waals surface area contributed by atoms with Crippen LogP contribution in [-0.4, -0.2) is 79.5 Å². The second-order valence-corrected chi connectivity index (χ2v) is 17.4. The van der Waals surface area contributed by atoms with Crippen molar-refractivity contribution in [2.75, 3.05) is 6.54 Å². The molecule has 0 spiro atoms. The van der Waals surface area contributed by atoms with Gasteiger partial charge in [-0.25, -0.2) is 24.5 Å². The first kappa shape index (κ1) is 42.9. The van der Waals surface area contributed by atoms with Crippen LogP contribution in [0.3, 0.4) is 0 Å². The van der Waals surface area contributed by atoms with Gasteiger partial charge in [0.15, 0.2) is 11.4 Å². The Morgan fingerprint density at radius 3 is 2.22 bits per heavy atom. The van der Waals surface area contributed by atoms with E-state index in [1.165, 1.54) is 16.2 Å². The number of aryl methyl sites for hydroxylation is 1. The highest BCUT2D eigenvalue weighted by Gasteiger charge is 2.40. The lowest BCUT2D eigenvalue weighted by Gasteiger charge is -2.30. The van der Waals surface area contributed by atoms with Gasteiger partial charge in [-0.1, -0.05) is 27.7 Å². The number of hydrogen-bond acceptors (Lipinski definition) is 13. The van der Waals surface area contributed by atoms with Crippen molar-refractivity contribution in [2.45, 2.75) is 138 Å². The van der Waals surface area contributed by atoms with Crippen LogP contribution in [0, 0.1) is 18.8 Å². The molecule has 16 nitrogen and oxygen atoms in total. The lowest BCUT2D eigenvalue weighted by Crippen LogP contribution is -2.53. The molecule has 1 saturated heterocycles. The summed E-state index contributed by atoms with van der Waals surface area (Å²) in [6.45, 7) is 22.1. The van der Waals surface area contributed by atoms with Crippen LogP contribution in [0.1, 0.15) is 145 Å². The molecule has 302 valence electrons. The number of aromatic nitrogens is 3. The molecule has 4 atom stereocenters. The van der Waals surface area contributed by atoms with E-state index < -0.39 is 59.2 Å². The molecule has 1 aliphatic heterocycles. The van der Waals surface area contributed by atoms with Gasteiger partial charge in [0.25, 0.3) is 11.8 Å². The van der Waals surface area contributed by atoms with E-state index in [4.69, 9.17) is 18.3 Å². The molecule has 4 amide bonds. The van der Waals surface area contributed by atoms with Gasteiger partial charge in [-0.05, 0) is 86.5 Å². The Labute approximate surface area is 325 Å². The third kappa shape index (κ3) is 11.6. The normalized spacial score (nSPS) is 16.5. The SMILES string of the molecule is Cc1oc(-c2csc([C@@H](NC(=O)OC(C)(C)C)C(C)C)n2)nc1C(=O)N[C@@H](C)c1nc(C(=O)N[C@@H](CC(C)C)C(=O)N2CCC[C@H]2C(=O)OC(C)(C)C)co1. The number of carbonyl (C=O) groups is 5. The molecule has 55 heavy (non-hydrogen) atoms. The molecule has 0 unspecified atom stereocenters. The average molecular weight is 786 g/mol. The Kier molecular flexibility index (Phi) is 13.5. The highest BCUT2D eigenvalue weighted by Crippen LogP contribution is 2.31. The van der Waals surface area contributed by atoms with Gasteiger partial charge in [-0.15, -0.1) is 11.3 Å². The van der Waals surface area contributed by atoms with Crippen molar-refractivity contribution in [3.05, 3.63) is 39.7 Å². The van der Waals surface area contributed by atoms with Crippen LogP contribution < -0.4 is 16.0 Å². The summed E-state index contributed by atoms with van der Waals surface area (Å²) in [5.74, 6) is -1.56. The molecule has 0 saturated carbocycles. The Morgan fingerprint density at radius 2 is 1.60 bits per heavy atom. The van der Waals surface area contributed by atoms with E-state index in [0.717, 1.165) is 6.26 Å². The zero-order chi connectivity index (χ0) is 41.0. The molecule has 1 fully saturated rings. The van der Waals surface area contributed by atoms with Crippen molar-refractivity contribution in [1.29, 1.82) is 0 Å². The molecule has 0 bridgehead atoms. The maximum absolute atomic E-state index is 13.7. The molecule has 17 heteroatoms. The first-order valence-electron chi connectivity index (χ1n) is 18.6. The molecule has 0 aromatic carbocycles. The zero-order valence-electron chi connectivity index (χ0n) is 33.8. The van der Waals surface area contributed by atoms with Crippen molar-refractivity contribution in [1.82, 2.24) is 35.8 Å². The summed E-state index contributed by atoms with van der Waals surface area (Å²) in [5, 5.41) is 10.8. The van der Waals surface area contributed by atoms with E-state index in [1.807, 2.05) is 27.7 Å². The standard InChI is InChI=1S/C38H55N7O9S/c1-19(2)16-23(34(48)45-15-13-14-26(45)35(49)53-37(7,8)9)40-29(46)24-17-51-31(41-24)21(5)39-30(47)28-22(6)52-32(43-28)25-18-55-33(42-25)27(20(3)4)44-36(50)54-38(10,11)12/h17-21,23,26-27H,13-16H2,1-12H3,(H,39,47)(H,40,46)(H,44,50)/t21-,23-,26-,27-/m0/s1. The number of nitrogens with one attached hydrogen (secondary N) is 3. The van der Waals surface area contributed by atoms with Gasteiger partial charge < -0.3 is 39.2 Å². The van der Waals surface area contributed by atoms with Crippen molar-refractivity contribution >= 4 is 41.1 Å². The van der Waals surface area contributed by atoms with E-state index in [9.17, 15) is 24.0 Å². The summed E-state index contributed by atoms with van der Waals surface area (Å²) in [4.78, 5) is 80.7. The van der Waals surface area contributed by atoms with E-state index in [-0.39, 0.29) is 46.7 Å². The number of amides is 4. The molecule has 4 heterocycles. The molecule has 1 aliphatic rings. The van der Waals surface area contributed by atoms with Crippen molar-refractivity contribution in [3.63, 3.8) is 0 Å². The summed E-state index contributed by atoms with van der Waals surface area (Å²) >= 11 is 1.32. The fourth-order valence-electron chi connectivity index (χ4n) is 5.88. The lowest BCUT2D eigenvalue weighted by atomic mass is 10.0. The highest BCUT2D eigenvalue weighted by molar-refractivity contribution is 7.10. The van der Waals surface area contributed by atoms with Crippen LogP contribution in [0.25, 0.3) is 11.6 Å². The Hall–Kier alpha value is -4.80. The van der Waals surface area contributed by atoms with E-state index in [2.05, 4.69) is 30.9 Å². The fraction of sp³-hybridized carbons (Fsp3) is 0.632. The summed E-state index contributed by atoms with van der Waals surface area (Å²) in [6.07, 6.45) is 2.06. The van der Waals surface area contributed by atoms with Gasteiger partial charge >= 0.3 is 12.1 Å². The van der Waals surface area contributed by atoms with Crippen LogP contribution in [0.4, 0.5) is 4.79 Å². The summed E-state index contributed by atoms with van der Waals surface area (Å²) in [5.41, 5.74) is -1.02. The van der Waals surface area contributed by atoms with Gasteiger partial charge in [0, 0.05) is 11.9 Å². The Balaban J connectivity index is 1.41. The fourth-order valence-corrected chi connectivity index (χ4v) is 6.90. The number of hydrogen-bond donors (Lipinski definition) is 3. The number of alkyl carbamates (subject to hydrolysis) is 1. The molecule has 3 aromatic rings. The van der Waals surface area contributed by atoms with Gasteiger partial charge in [0.2, 0.25) is 17.7 Å². The molecule has 3 aromatic heterocycles. The minimum Gasteiger partial charge on any atom is -0.458 e. The maximum atomic E-state index is 13.7. The number of ether oxygens (including phenoxy) is 2. The monoisotopic (exact) mass is 785 g/mol. The van der Waals surface area contributed by atoms with E-state index in [0.29, 0.717) is 36.5 Å². The predicted octanol–water partition coefficient (Wildman–Crippen LogP) is 6.28. The lowest BCUT2D eigenvalue weighted by molar-refractivity contribution is -0.163. The number of thiazole rings is 1. The number of likely N-dealkylation sites (tertiary alicyclic amines) is 1. The summed E-state index contributed by atoms with van der Waals surface area (Å²) in [7, 11) is 0. The maximum Gasteiger partial charge on any atom is 0.408 e. The molecule has 3 N–H and O–H groups in total. The molecule has 0 aliphatic carbocycles.